The average Bonchev–Trinajstić information content (AvgIpc) is 2.41. The van der Waals surface area contributed by atoms with Crippen LogP contribution >= 0.6 is 0 Å². The predicted octanol–water partition coefficient (Wildman–Crippen LogP) is 2.50. The maximum Gasteiger partial charge on any atom is 0.221 e. The van der Waals surface area contributed by atoms with E-state index in [4.69, 9.17) is 16.2 Å². The molecular formula is C15H19FN4O. The van der Waals surface area contributed by atoms with Crippen LogP contribution in [0.15, 0.2) is 18.3 Å². The van der Waals surface area contributed by atoms with Crippen LogP contribution in [0.3, 0.4) is 0 Å². The smallest absolute Gasteiger partial charge is 0.221 e. The minimum atomic E-state index is -0.396. The zero-order chi connectivity index (χ0) is 15.6. The summed E-state index contributed by atoms with van der Waals surface area (Å²) in [4.78, 5) is 7.86. The van der Waals surface area contributed by atoms with E-state index in [0.29, 0.717) is 12.2 Å². The Hall–Kier alpha value is -2.37. The van der Waals surface area contributed by atoms with Gasteiger partial charge < -0.3 is 16.2 Å². The van der Waals surface area contributed by atoms with Gasteiger partial charge in [-0.05, 0) is 29.2 Å². The number of hydrogen-bond donors (Lipinski definition) is 2. The fraction of sp³-hybridized carbons (Fsp3) is 0.333. The van der Waals surface area contributed by atoms with Crippen molar-refractivity contribution in [2.45, 2.75) is 26.2 Å². The maximum atomic E-state index is 14.0. The van der Waals surface area contributed by atoms with Crippen molar-refractivity contribution in [1.29, 1.82) is 0 Å². The van der Waals surface area contributed by atoms with Gasteiger partial charge in [-0.15, -0.1) is 0 Å². The molecule has 1 aromatic heterocycles. The van der Waals surface area contributed by atoms with Gasteiger partial charge in [0.05, 0.1) is 7.11 Å². The van der Waals surface area contributed by atoms with Gasteiger partial charge in [-0.3, -0.25) is 0 Å². The first-order valence-electron chi connectivity index (χ1n) is 6.65. The number of methoxy groups -OCH3 is 1. The highest BCUT2D eigenvalue weighted by molar-refractivity contribution is 5.47. The lowest BCUT2D eigenvalue weighted by atomic mass is 9.93. The van der Waals surface area contributed by atoms with Crippen molar-refractivity contribution in [3.63, 3.8) is 0 Å². The van der Waals surface area contributed by atoms with Gasteiger partial charge in [0, 0.05) is 18.2 Å². The first kappa shape index (κ1) is 15.0. The number of nitrogens with two attached hydrogens (primary N) is 2. The standard InChI is InChI=1S/C15H19FN4O/c1-8(2)11-6-13(21-3)12(16)5-9(11)4-10-7-19-15(18)20-14(10)17/h5-8H,4H2,1-3H3,(H4,17,18,19,20). The summed E-state index contributed by atoms with van der Waals surface area (Å²) >= 11 is 0. The molecule has 0 amide bonds. The third-order valence-electron chi connectivity index (χ3n) is 3.33. The SMILES string of the molecule is COc1cc(C(C)C)c(Cc2cnc(N)nc2N)cc1F. The van der Waals surface area contributed by atoms with Gasteiger partial charge in [0.2, 0.25) is 5.95 Å². The molecule has 0 unspecified atom stereocenters. The van der Waals surface area contributed by atoms with E-state index in [-0.39, 0.29) is 17.6 Å². The molecule has 0 saturated carbocycles. The monoisotopic (exact) mass is 290 g/mol. The van der Waals surface area contributed by atoms with Crippen LogP contribution in [0.4, 0.5) is 16.2 Å². The van der Waals surface area contributed by atoms with Crippen LogP contribution in [0.5, 0.6) is 5.75 Å². The molecular weight excluding hydrogens is 271 g/mol. The molecule has 0 spiro atoms. The van der Waals surface area contributed by atoms with Crippen LogP contribution in [0.2, 0.25) is 0 Å². The Bertz CT molecular complexity index is 658. The molecule has 2 rings (SSSR count). The molecule has 0 bridgehead atoms. The van der Waals surface area contributed by atoms with Crippen LogP contribution in [-0.2, 0) is 6.42 Å². The number of anilines is 2. The molecule has 0 aliphatic rings. The van der Waals surface area contributed by atoms with Gasteiger partial charge >= 0.3 is 0 Å². The van der Waals surface area contributed by atoms with Crippen LogP contribution in [0.1, 0.15) is 36.5 Å². The fourth-order valence-electron chi connectivity index (χ4n) is 2.23. The summed E-state index contributed by atoms with van der Waals surface area (Å²) in [7, 11) is 1.45. The van der Waals surface area contributed by atoms with Crippen LogP contribution in [-0.4, -0.2) is 17.1 Å². The molecule has 0 radical (unpaired) electrons. The highest BCUT2D eigenvalue weighted by Crippen LogP contribution is 2.29. The summed E-state index contributed by atoms with van der Waals surface area (Å²) in [6, 6.07) is 3.20. The molecule has 4 N–H and O–H groups in total. The normalized spacial score (nSPS) is 10.9. The zero-order valence-electron chi connectivity index (χ0n) is 12.4. The number of rotatable bonds is 4. The van der Waals surface area contributed by atoms with E-state index >= 15 is 0 Å². The number of aromatic nitrogens is 2. The molecule has 0 saturated heterocycles. The van der Waals surface area contributed by atoms with E-state index in [2.05, 4.69) is 9.97 Å². The van der Waals surface area contributed by atoms with Gasteiger partial charge in [0.25, 0.3) is 0 Å². The zero-order valence-corrected chi connectivity index (χ0v) is 12.4. The van der Waals surface area contributed by atoms with Crippen molar-refractivity contribution < 1.29 is 9.13 Å². The molecule has 0 aliphatic carbocycles. The maximum absolute atomic E-state index is 14.0. The summed E-state index contributed by atoms with van der Waals surface area (Å²) in [5.74, 6) is 0.510. The first-order chi connectivity index (χ1) is 9.92. The third-order valence-corrected chi connectivity index (χ3v) is 3.33. The Morgan fingerprint density at radius 2 is 1.95 bits per heavy atom. The van der Waals surface area contributed by atoms with Gasteiger partial charge in [0.15, 0.2) is 11.6 Å². The summed E-state index contributed by atoms with van der Waals surface area (Å²) in [6.07, 6.45) is 2.02. The van der Waals surface area contributed by atoms with E-state index in [1.54, 1.807) is 12.3 Å². The highest BCUT2D eigenvalue weighted by Gasteiger charge is 2.15. The number of hydrogen-bond acceptors (Lipinski definition) is 5. The number of benzene rings is 1. The fourth-order valence-corrected chi connectivity index (χ4v) is 2.23. The second kappa shape index (κ2) is 5.95. The lowest BCUT2D eigenvalue weighted by Crippen LogP contribution is -2.06. The topological polar surface area (TPSA) is 87.0 Å². The van der Waals surface area contributed by atoms with E-state index in [1.807, 2.05) is 13.8 Å². The molecule has 1 aromatic carbocycles. The summed E-state index contributed by atoms with van der Waals surface area (Å²) in [5.41, 5.74) is 13.9. The van der Waals surface area contributed by atoms with E-state index < -0.39 is 5.82 Å². The quantitative estimate of drug-likeness (QED) is 0.903. The van der Waals surface area contributed by atoms with Crippen LogP contribution in [0.25, 0.3) is 0 Å². The van der Waals surface area contributed by atoms with E-state index in [9.17, 15) is 4.39 Å². The lowest BCUT2D eigenvalue weighted by molar-refractivity contribution is 0.385. The molecule has 0 atom stereocenters. The van der Waals surface area contributed by atoms with Crippen molar-refractivity contribution in [3.8, 4) is 5.75 Å². The Kier molecular flexibility index (Phi) is 4.26. The molecule has 2 aromatic rings. The van der Waals surface area contributed by atoms with E-state index in [0.717, 1.165) is 16.7 Å². The van der Waals surface area contributed by atoms with Crippen molar-refractivity contribution in [3.05, 3.63) is 40.8 Å². The summed E-state index contributed by atoms with van der Waals surface area (Å²) in [5, 5.41) is 0. The first-order valence-corrected chi connectivity index (χ1v) is 6.65. The number of halogens is 1. The molecule has 1 heterocycles. The van der Waals surface area contributed by atoms with Crippen LogP contribution in [0, 0.1) is 5.82 Å². The number of nitrogen functional groups attached to an aromatic ring is 2. The van der Waals surface area contributed by atoms with Crippen molar-refractivity contribution >= 4 is 11.8 Å². The molecule has 0 aliphatic heterocycles. The van der Waals surface area contributed by atoms with Gasteiger partial charge in [-0.1, -0.05) is 13.8 Å². The average molecular weight is 290 g/mol. The molecule has 0 fully saturated rings. The minimum Gasteiger partial charge on any atom is -0.494 e. The van der Waals surface area contributed by atoms with Gasteiger partial charge in [0.1, 0.15) is 5.82 Å². The van der Waals surface area contributed by atoms with E-state index in [1.165, 1.54) is 13.2 Å². The number of ether oxygens (including phenoxy) is 1. The summed E-state index contributed by atoms with van der Waals surface area (Å²) in [6.45, 7) is 4.08. The van der Waals surface area contributed by atoms with Crippen LogP contribution < -0.4 is 16.2 Å². The molecule has 6 heteroatoms. The third kappa shape index (κ3) is 3.21. The Labute approximate surface area is 123 Å². The minimum absolute atomic E-state index is 0.126. The Balaban J connectivity index is 2.45. The van der Waals surface area contributed by atoms with Gasteiger partial charge in [-0.25, -0.2) is 9.37 Å². The molecule has 21 heavy (non-hydrogen) atoms. The summed E-state index contributed by atoms with van der Waals surface area (Å²) < 4.78 is 19.0. The highest BCUT2D eigenvalue weighted by atomic mass is 19.1. The lowest BCUT2D eigenvalue weighted by Gasteiger charge is -2.16. The molecule has 5 nitrogen and oxygen atoms in total. The van der Waals surface area contributed by atoms with Crippen molar-refractivity contribution in [2.75, 3.05) is 18.6 Å². The van der Waals surface area contributed by atoms with Crippen molar-refractivity contribution in [1.82, 2.24) is 9.97 Å². The second-order valence-corrected chi connectivity index (χ2v) is 5.16. The predicted molar refractivity (Wildman–Crippen MR) is 80.7 cm³/mol. The van der Waals surface area contributed by atoms with Crippen molar-refractivity contribution in [2.24, 2.45) is 0 Å². The molecule has 112 valence electrons. The number of nitrogens with zero attached hydrogens (tertiary/aromatic N) is 2. The largest absolute Gasteiger partial charge is 0.494 e. The Morgan fingerprint density at radius 3 is 2.52 bits per heavy atom. The Morgan fingerprint density at radius 1 is 1.24 bits per heavy atom. The van der Waals surface area contributed by atoms with Gasteiger partial charge in [-0.2, -0.15) is 4.98 Å². The second-order valence-electron chi connectivity index (χ2n) is 5.16.